The molecule has 0 aliphatic heterocycles. The predicted octanol–water partition coefficient (Wildman–Crippen LogP) is 4.11. The van der Waals surface area contributed by atoms with Crippen molar-refractivity contribution in [3.8, 4) is 5.75 Å². The lowest BCUT2D eigenvalue weighted by Gasteiger charge is -2.13. The van der Waals surface area contributed by atoms with Crippen LogP contribution in [0.25, 0.3) is 0 Å². The standard InChI is InChI=1S/C23H24N4O2/c1-16-10-11-18(13-17(16)2)22(28)27-23(25-15-20-7-4-5-12-24-20)26-19-8-6-9-21(14-19)29-3/h4-14H,15H2,1-3H3,(H2,25,26,27,28). The number of hydrogen-bond acceptors (Lipinski definition) is 4. The third kappa shape index (κ3) is 5.65. The number of aliphatic imine (C=N–C) groups is 1. The van der Waals surface area contributed by atoms with E-state index >= 15 is 0 Å². The van der Waals surface area contributed by atoms with Crippen LogP contribution in [0.2, 0.25) is 0 Å². The quantitative estimate of drug-likeness (QED) is 0.510. The molecule has 29 heavy (non-hydrogen) atoms. The number of carbonyl (C=O) groups excluding carboxylic acids is 1. The van der Waals surface area contributed by atoms with E-state index in [-0.39, 0.29) is 5.91 Å². The second-order valence-corrected chi connectivity index (χ2v) is 6.60. The molecule has 0 aliphatic carbocycles. The first kappa shape index (κ1) is 20.1. The molecule has 1 amide bonds. The van der Waals surface area contributed by atoms with E-state index in [4.69, 9.17) is 4.74 Å². The van der Waals surface area contributed by atoms with Crippen molar-refractivity contribution in [3.05, 3.63) is 89.2 Å². The maximum absolute atomic E-state index is 12.8. The van der Waals surface area contributed by atoms with Crippen LogP contribution in [-0.2, 0) is 6.54 Å². The van der Waals surface area contributed by atoms with Crippen LogP contribution in [-0.4, -0.2) is 24.0 Å². The van der Waals surface area contributed by atoms with Crippen molar-refractivity contribution in [1.29, 1.82) is 0 Å². The first-order valence-electron chi connectivity index (χ1n) is 9.29. The number of carbonyl (C=O) groups is 1. The number of anilines is 1. The average molecular weight is 388 g/mol. The largest absolute Gasteiger partial charge is 0.497 e. The van der Waals surface area contributed by atoms with Gasteiger partial charge in [-0.05, 0) is 61.4 Å². The van der Waals surface area contributed by atoms with E-state index in [1.807, 2.05) is 68.4 Å². The predicted molar refractivity (Wildman–Crippen MR) is 115 cm³/mol. The van der Waals surface area contributed by atoms with E-state index in [0.29, 0.717) is 23.8 Å². The minimum absolute atomic E-state index is 0.233. The number of methoxy groups -OCH3 is 1. The van der Waals surface area contributed by atoms with Crippen LogP contribution in [0.4, 0.5) is 5.69 Å². The van der Waals surface area contributed by atoms with Gasteiger partial charge in [-0.15, -0.1) is 0 Å². The number of guanidine groups is 1. The van der Waals surface area contributed by atoms with Crippen LogP contribution >= 0.6 is 0 Å². The lowest BCUT2D eigenvalue weighted by Crippen LogP contribution is -2.36. The summed E-state index contributed by atoms with van der Waals surface area (Å²) in [5, 5.41) is 6.03. The number of rotatable bonds is 5. The summed E-state index contributed by atoms with van der Waals surface area (Å²) >= 11 is 0. The fraction of sp³-hybridized carbons (Fsp3) is 0.174. The highest BCUT2D eigenvalue weighted by atomic mass is 16.5. The highest BCUT2D eigenvalue weighted by Gasteiger charge is 2.11. The molecule has 6 nitrogen and oxygen atoms in total. The minimum Gasteiger partial charge on any atom is -0.497 e. The monoisotopic (exact) mass is 388 g/mol. The van der Waals surface area contributed by atoms with Crippen molar-refractivity contribution in [1.82, 2.24) is 10.3 Å². The summed E-state index contributed by atoms with van der Waals surface area (Å²) in [6, 6.07) is 18.7. The molecule has 3 aromatic rings. The zero-order chi connectivity index (χ0) is 20.6. The maximum atomic E-state index is 12.8. The highest BCUT2D eigenvalue weighted by Crippen LogP contribution is 2.17. The third-order valence-corrected chi connectivity index (χ3v) is 4.46. The summed E-state index contributed by atoms with van der Waals surface area (Å²) < 4.78 is 5.26. The van der Waals surface area contributed by atoms with Gasteiger partial charge in [0, 0.05) is 23.5 Å². The summed E-state index contributed by atoms with van der Waals surface area (Å²) in [5.74, 6) is 0.815. The normalized spacial score (nSPS) is 11.1. The summed E-state index contributed by atoms with van der Waals surface area (Å²) in [5.41, 5.74) is 4.33. The van der Waals surface area contributed by atoms with Gasteiger partial charge in [-0.25, -0.2) is 4.99 Å². The summed E-state index contributed by atoms with van der Waals surface area (Å²) in [7, 11) is 1.61. The van der Waals surface area contributed by atoms with Crippen molar-refractivity contribution < 1.29 is 9.53 Å². The fourth-order valence-corrected chi connectivity index (χ4v) is 2.66. The van der Waals surface area contributed by atoms with Gasteiger partial charge in [-0.1, -0.05) is 18.2 Å². The lowest BCUT2D eigenvalue weighted by atomic mass is 10.1. The van der Waals surface area contributed by atoms with Crippen LogP contribution in [0.15, 0.2) is 71.9 Å². The van der Waals surface area contributed by atoms with Crippen LogP contribution < -0.4 is 15.4 Å². The lowest BCUT2D eigenvalue weighted by molar-refractivity contribution is 0.0977. The van der Waals surface area contributed by atoms with Gasteiger partial charge in [0.25, 0.3) is 5.91 Å². The van der Waals surface area contributed by atoms with E-state index in [1.165, 1.54) is 0 Å². The molecule has 148 valence electrons. The van der Waals surface area contributed by atoms with E-state index in [0.717, 1.165) is 22.5 Å². The SMILES string of the molecule is COc1cccc(NC(=NCc2ccccn2)NC(=O)c2ccc(C)c(C)c2)c1. The number of aromatic nitrogens is 1. The number of amides is 1. The van der Waals surface area contributed by atoms with E-state index in [9.17, 15) is 4.79 Å². The minimum atomic E-state index is -0.233. The molecule has 6 heteroatoms. The smallest absolute Gasteiger partial charge is 0.257 e. The van der Waals surface area contributed by atoms with Crippen molar-refractivity contribution in [2.45, 2.75) is 20.4 Å². The Balaban J connectivity index is 1.82. The van der Waals surface area contributed by atoms with Gasteiger partial charge in [0.05, 0.1) is 19.3 Å². The van der Waals surface area contributed by atoms with E-state index in [1.54, 1.807) is 19.4 Å². The second-order valence-electron chi connectivity index (χ2n) is 6.60. The summed E-state index contributed by atoms with van der Waals surface area (Å²) in [6.45, 7) is 4.33. The van der Waals surface area contributed by atoms with Gasteiger partial charge in [-0.3, -0.25) is 15.1 Å². The molecule has 0 saturated heterocycles. The van der Waals surface area contributed by atoms with Crippen LogP contribution in [0.5, 0.6) is 5.75 Å². The molecule has 0 unspecified atom stereocenters. The number of ether oxygens (including phenoxy) is 1. The molecule has 3 rings (SSSR count). The highest BCUT2D eigenvalue weighted by molar-refractivity contribution is 6.10. The molecular weight excluding hydrogens is 364 g/mol. The zero-order valence-electron chi connectivity index (χ0n) is 16.8. The number of nitrogens with zero attached hydrogens (tertiary/aromatic N) is 2. The molecule has 0 bridgehead atoms. The number of nitrogens with one attached hydrogen (secondary N) is 2. The number of aryl methyl sites for hydroxylation is 2. The van der Waals surface area contributed by atoms with Crippen molar-refractivity contribution in [3.63, 3.8) is 0 Å². The Morgan fingerprint density at radius 3 is 2.62 bits per heavy atom. The first-order chi connectivity index (χ1) is 14.0. The molecule has 1 aromatic heterocycles. The van der Waals surface area contributed by atoms with E-state index in [2.05, 4.69) is 20.6 Å². The van der Waals surface area contributed by atoms with Crippen molar-refractivity contribution >= 4 is 17.6 Å². The topological polar surface area (TPSA) is 75.6 Å². The third-order valence-electron chi connectivity index (χ3n) is 4.46. The Labute approximate surface area is 170 Å². The molecule has 0 fully saturated rings. The van der Waals surface area contributed by atoms with Crippen LogP contribution in [0, 0.1) is 13.8 Å². The van der Waals surface area contributed by atoms with Crippen LogP contribution in [0.1, 0.15) is 27.2 Å². The molecule has 2 aromatic carbocycles. The van der Waals surface area contributed by atoms with Gasteiger partial charge >= 0.3 is 0 Å². The average Bonchev–Trinajstić information content (AvgIpc) is 2.74. The molecule has 0 aliphatic rings. The van der Waals surface area contributed by atoms with Gasteiger partial charge in [0.2, 0.25) is 5.96 Å². The van der Waals surface area contributed by atoms with Gasteiger partial charge in [-0.2, -0.15) is 0 Å². The second kappa shape index (κ2) is 9.50. The van der Waals surface area contributed by atoms with Gasteiger partial charge in [0.1, 0.15) is 5.75 Å². The Morgan fingerprint density at radius 1 is 1.03 bits per heavy atom. The van der Waals surface area contributed by atoms with Crippen LogP contribution in [0.3, 0.4) is 0 Å². The molecule has 2 N–H and O–H groups in total. The Bertz CT molecular complexity index is 1020. The number of pyridine rings is 1. The number of hydrogen-bond donors (Lipinski definition) is 2. The van der Waals surface area contributed by atoms with Crippen molar-refractivity contribution in [2.75, 3.05) is 12.4 Å². The van der Waals surface area contributed by atoms with Gasteiger partial charge < -0.3 is 10.1 Å². The maximum Gasteiger partial charge on any atom is 0.257 e. The molecule has 1 heterocycles. The van der Waals surface area contributed by atoms with E-state index < -0.39 is 0 Å². The summed E-state index contributed by atoms with van der Waals surface area (Å²) in [4.78, 5) is 21.6. The molecule has 0 radical (unpaired) electrons. The molecule has 0 atom stereocenters. The Hall–Kier alpha value is -3.67. The fourth-order valence-electron chi connectivity index (χ4n) is 2.66. The molecule has 0 spiro atoms. The molecule has 0 saturated carbocycles. The first-order valence-corrected chi connectivity index (χ1v) is 9.29. The Kier molecular flexibility index (Phi) is 6.58. The number of benzene rings is 2. The molecular formula is C23H24N4O2. The zero-order valence-corrected chi connectivity index (χ0v) is 16.8. The van der Waals surface area contributed by atoms with Gasteiger partial charge in [0.15, 0.2) is 0 Å². The van der Waals surface area contributed by atoms with Crippen molar-refractivity contribution in [2.24, 2.45) is 4.99 Å². The summed E-state index contributed by atoms with van der Waals surface area (Å²) in [6.07, 6.45) is 1.72. The Morgan fingerprint density at radius 2 is 1.90 bits per heavy atom.